The van der Waals surface area contributed by atoms with Gasteiger partial charge in [0.2, 0.25) is 0 Å². The third-order valence-corrected chi connectivity index (χ3v) is 3.43. The van der Waals surface area contributed by atoms with Gasteiger partial charge in [-0.15, -0.1) is 0 Å². The van der Waals surface area contributed by atoms with E-state index in [0.29, 0.717) is 0 Å². The zero-order valence-electron chi connectivity index (χ0n) is 10.1. The Balaban J connectivity index is 2.05. The van der Waals surface area contributed by atoms with Gasteiger partial charge in [-0.3, -0.25) is 0 Å². The Hall–Kier alpha value is -2.11. The first kappa shape index (κ1) is 12.0. The molecule has 0 unspecified atom stereocenters. The van der Waals surface area contributed by atoms with Crippen molar-refractivity contribution in [3.63, 3.8) is 0 Å². The van der Waals surface area contributed by atoms with Crippen LogP contribution in [-0.4, -0.2) is 4.98 Å². The first-order valence-corrected chi connectivity index (χ1v) is 6.74. The summed E-state index contributed by atoms with van der Waals surface area (Å²) < 4.78 is 1.02. The van der Waals surface area contributed by atoms with Crippen LogP contribution in [0.2, 0.25) is 0 Å². The number of halogens is 1. The lowest BCUT2D eigenvalue weighted by atomic mass is 10.2. The topological polar surface area (TPSA) is 12.9 Å². The van der Waals surface area contributed by atoms with Crippen molar-refractivity contribution >= 4 is 26.8 Å². The van der Waals surface area contributed by atoms with E-state index < -0.39 is 0 Å². The number of pyridine rings is 1. The Morgan fingerprint density at radius 3 is 2.42 bits per heavy atom. The smallest absolute Gasteiger partial charge is 0.115 e. The van der Waals surface area contributed by atoms with Gasteiger partial charge in [-0.25, -0.2) is 4.98 Å². The van der Waals surface area contributed by atoms with Crippen LogP contribution in [0, 0.1) is 11.8 Å². The maximum absolute atomic E-state index is 4.55. The molecule has 0 atom stereocenters. The number of aromatic nitrogens is 1. The van der Waals surface area contributed by atoms with Gasteiger partial charge in [-0.1, -0.05) is 42.3 Å². The summed E-state index contributed by atoms with van der Waals surface area (Å²) in [5.74, 6) is 6.22. The van der Waals surface area contributed by atoms with Crippen molar-refractivity contribution in [3.05, 3.63) is 76.4 Å². The molecule has 0 aliphatic carbocycles. The third-order valence-electron chi connectivity index (χ3n) is 2.77. The minimum Gasteiger partial charge on any atom is -0.239 e. The molecule has 0 aliphatic heterocycles. The molecule has 2 aromatic carbocycles. The van der Waals surface area contributed by atoms with E-state index in [1.165, 1.54) is 0 Å². The lowest BCUT2D eigenvalue weighted by molar-refractivity contribution is 1.35. The summed E-state index contributed by atoms with van der Waals surface area (Å²) in [6, 6.07) is 19.9. The molecule has 2 heteroatoms. The Labute approximate surface area is 120 Å². The summed E-state index contributed by atoms with van der Waals surface area (Å²) in [5.41, 5.74) is 2.72. The Morgan fingerprint density at radius 2 is 1.58 bits per heavy atom. The Morgan fingerprint density at radius 1 is 0.842 bits per heavy atom. The normalized spacial score (nSPS) is 9.95. The molecule has 0 saturated heterocycles. The lowest BCUT2D eigenvalue weighted by Gasteiger charge is -2.00. The third kappa shape index (κ3) is 2.67. The fraction of sp³-hybridized carbons (Fsp3) is 0. The first-order chi connectivity index (χ1) is 9.33. The van der Waals surface area contributed by atoms with Crippen LogP contribution in [0.3, 0.4) is 0 Å². The monoisotopic (exact) mass is 307 g/mol. The minimum absolute atomic E-state index is 0.773. The minimum atomic E-state index is 0.773. The van der Waals surface area contributed by atoms with Crippen LogP contribution in [-0.2, 0) is 0 Å². The molecule has 0 radical (unpaired) electrons. The summed E-state index contributed by atoms with van der Waals surface area (Å²) in [5, 5.41) is 1.10. The van der Waals surface area contributed by atoms with E-state index in [1.54, 1.807) is 0 Å². The molecule has 0 bridgehead atoms. The Kier molecular flexibility index (Phi) is 3.31. The molecule has 0 fully saturated rings. The molecule has 1 heterocycles. The highest BCUT2D eigenvalue weighted by Gasteiger charge is 2.00. The molecule has 0 N–H and O–H groups in total. The average molecular weight is 308 g/mol. The molecular formula is C17H10BrN. The van der Waals surface area contributed by atoms with E-state index in [4.69, 9.17) is 0 Å². The standard InChI is InChI=1S/C17H10BrN/c18-16-12-14(11-10-13-6-2-1-3-7-13)19-17-9-5-4-8-15(16)17/h1-9,12H. The Bertz CT molecular complexity index is 782. The van der Waals surface area contributed by atoms with Crippen molar-refractivity contribution in [1.29, 1.82) is 0 Å². The van der Waals surface area contributed by atoms with Crippen LogP contribution >= 0.6 is 15.9 Å². The van der Waals surface area contributed by atoms with E-state index in [1.807, 2.05) is 60.7 Å². The number of hydrogen-bond donors (Lipinski definition) is 0. The summed E-state index contributed by atoms with van der Waals surface area (Å²) in [6.45, 7) is 0. The quantitative estimate of drug-likeness (QED) is 0.561. The molecular weight excluding hydrogens is 298 g/mol. The van der Waals surface area contributed by atoms with Crippen molar-refractivity contribution in [2.24, 2.45) is 0 Å². The molecule has 0 amide bonds. The molecule has 1 aromatic heterocycles. The number of para-hydroxylation sites is 1. The summed E-state index contributed by atoms with van der Waals surface area (Å²) in [4.78, 5) is 4.55. The number of hydrogen-bond acceptors (Lipinski definition) is 1. The highest BCUT2D eigenvalue weighted by atomic mass is 79.9. The fourth-order valence-electron chi connectivity index (χ4n) is 1.85. The van der Waals surface area contributed by atoms with Gasteiger partial charge in [-0.05, 0) is 46.1 Å². The molecule has 3 rings (SSSR count). The molecule has 0 spiro atoms. The van der Waals surface area contributed by atoms with Crippen LogP contribution in [0.1, 0.15) is 11.3 Å². The molecule has 0 saturated carbocycles. The first-order valence-electron chi connectivity index (χ1n) is 5.95. The van der Waals surface area contributed by atoms with Crippen LogP contribution in [0.25, 0.3) is 10.9 Å². The summed E-state index contributed by atoms with van der Waals surface area (Å²) in [7, 11) is 0. The van der Waals surface area contributed by atoms with Crippen LogP contribution in [0.4, 0.5) is 0 Å². The molecule has 19 heavy (non-hydrogen) atoms. The zero-order chi connectivity index (χ0) is 13.1. The number of rotatable bonds is 0. The number of fused-ring (bicyclic) bond motifs is 1. The maximum Gasteiger partial charge on any atom is 0.115 e. The maximum atomic E-state index is 4.55. The van der Waals surface area contributed by atoms with Gasteiger partial charge in [0, 0.05) is 15.4 Å². The average Bonchev–Trinajstić information content (AvgIpc) is 2.46. The van der Waals surface area contributed by atoms with Crippen LogP contribution in [0.5, 0.6) is 0 Å². The van der Waals surface area contributed by atoms with Gasteiger partial charge < -0.3 is 0 Å². The van der Waals surface area contributed by atoms with Gasteiger partial charge in [-0.2, -0.15) is 0 Å². The summed E-state index contributed by atoms with van der Waals surface area (Å²) in [6.07, 6.45) is 0. The van der Waals surface area contributed by atoms with Gasteiger partial charge in [0.1, 0.15) is 5.69 Å². The van der Waals surface area contributed by atoms with Crippen molar-refractivity contribution in [3.8, 4) is 11.8 Å². The highest BCUT2D eigenvalue weighted by Crippen LogP contribution is 2.22. The highest BCUT2D eigenvalue weighted by molar-refractivity contribution is 9.10. The second-order valence-electron chi connectivity index (χ2n) is 4.12. The summed E-state index contributed by atoms with van der Waals surface area (Å²) >= 11 is 3.57. The van der Waals surface area contributed by atoms with Crippen molar-refractivity contribution in [2.75, 3.05) is 0 Å². The molecule has 1 nitrogen and oxygen atoms in total. The van der Waals surface area contributed by atoms with Crippen LogP contribution in [0.15, 0.2) is 65.1 Å². The number of nitrogens with zero attached hydrogens (tertiary/aromatic N) is 1. The van der Waals surface area contributed by atoms with Gasteiger partial charge in [0.15, 0.2) is 0 Å². The zero-order valence-corrected chi connectivity index (χ0v) is 11.7. The van der Waals surface area contributed by atoms with E-state index in [2.05, 4.69) is 32.8 Å². The largest absolute Gasteiger partial charge is 0.239 e. The van der Waals surface area contributed by atoms with E-state index in [0.717, 1.165) is 26.6 Å². The van der Waals surface area contributed by atoms with Crippen molar-refractivity contribution in [1.82, 2.24) is 4.98 Å². The van der Waals surface area contributed by atoms with E-state index in [9.17, 15) is 0 Å². The van der Waals surface area contributed by atoms with Gasteiger partial charge in [0.05, 0.1) is 5.52 Å². The lowest BCUT2D eigenvalue weighted by Crippen LogP contribution is -1.86. The molecule has 90 valence electrons. The SMILES string of the molecule is Brc1cc(C#Cc2ccccc2)nc2ccccc12. The molecule has 3 aromatic rings. The predicted octanol–water partition coefficient (Wildman–Crippen LogP) is 4.40. The second-order valence-corrected chi connectivity index (χ2v) is 4.98. The van der Waals surface area contributed by atoms with E-state index in [-0.39, 0.29) is 0 Å². The second kappa shape index (κ2) is 5.26. The van der Waals surface area contributed by atoms with Crippen molar-refractivity contribution in [2.45, 2.75) is 0 Å². The predicted molar refractivity (Wildman–Crippen MR) is 81.9 cm³/mol. The van der Waals surface area contributed by atoms with Crippen molar-refractivity contribution < 1.29 is 0 Å². The number of benzene rings is 2. The van der Waals surface area contributed by atoms with Crippen LogP contribution < -0.4 is 0 Å². The van der Waals surface area contributed by atoms with Gasteiger partial charge in [0.25, 0.3) is 0 Å². The van der Waals surface area contributed by atoms with E-state index >= 15 is 0 Å². The molecule has 0 aliphatic rings. The van der Waals surface area contributed by atoms with Gasteiger partial charge >= 0.3 is 0 Å². The fourth-order valence-corrected chi connectivity index (χ4v) is 2.41.